The molecule has 1 aromatic rings. The Labute approximate surface area is 96.8 Å². The van der Waals surface area contributed by atoms with Gasteiger partial charge < -0.3 is 9.84 Å². The van der Waals surface area contributed by atoms with E-state index in [9.17, 15) is 0 Å². The van der Waals surface area contributed by atoms with Gasteiger partial charge in [-0.1, -0.05) is 37.8 Å². The van der Waals surface area contributed by atoms with E-state index >= 15 is 0 Å². The Balaban J connectivity index is 1.64. The zero-order valence-corrected chi connectivity index (χ0v) is 10.2. The molecule has 1 saturated carbocycles. The van der Waals surface area contributed by atoms with E-state index in [1.165, 1.54) is 32.1 Å². The van der Waals surface area contributed by atoms with Crippen molar-refractivity contribution in [3.63, 3.8) is 0 Å². The van der Waals surface area contributed by atoms with Crippen LogP contribution < -0.4 is 5.32 Å². The van der Waals surface area contributed by atoms with Crippen LogP contribution in [-0.2, 0) is 0 Å². The van der Waals surface area contributed by atoms with Crippen LogP contribution in [0.15, 0.2) is 4.52 Å². The predicted molar refractivity (Wildman–Crippen MR) is 63.3 cm³/mol. The summed E-state index contributed by atoms with van der Waals surface area (Å²) in [6.45, 7) is 5.13. The summed E-state index contributed by atoms with van der Waals surface area (Å²) < 4.78 is 5.00. The smallest absolute Gasteiger partial charge is 0.321 e. The van der Waals surface area contributed by atoms with Gasteiger partial charge in [-0.15, -0.1) is 0 Å². The number of nitrogens with one attached hydrogen (secondary N) is 1. The second-order valence-corrected chi connectivity index (χ2v) is 4.99. The van der Waals surface area contributed by atoms with Gasteiger partial charge in [0.15, 0.2) is 5.82 Å². The Hall–Kier alpha value is -1.06. The SMILES string of the molecule is Cc1noc(NCCC2CCC(C)CC2)n1. The largest absolute Gasteiger partial charge is 0.338 e. The molecule has 4 nitrogen and oxygen atoms in total. The van der Waals surface area contributed by atoms with E-state index in [1.807, 2.05) is 6.92 Å². The molecule has 2 rings (SSSR count). The van der Waals surface area contributed by atoms with Gasteiger partial charge in [-0.3, -0.25) is 0 Å². The summed E-state index contributed by atoms with van der Waals surface area (Å²) in [5.41, 5.74) is 0. The van der Waals surface area contributed by atoms with Gasteiger partial charge in [-0.2, -0.15) is 4.98 Å². The van der Waals surface area contributed by atoms with Crippen molar-refractivity contribution in [2.24, 2.45) is 11.8 Å². The Morgan fingerprint density at radius 3 is 2.69 bits per heavy atom. The molecule has 4 heteroatoms. The summed E-state index contributed by atoms with van der Waals surface area (Å²) >= 11 is 0. The number of hydrogen-bond acceptors (Lipinski definition) is 4. The van der Waals surface area contributed by atoms with Crippen LogP contribution in [0.4, 0.5) is 6.01 Å². The molecule has 0 aromatic carbocycles. The quantitative estimate of drug-likeness (QED) is 0.852. The molecular weight excluding hydrogens is 202 g/mol. The molecule has 0 unspecified atom stereocenters. The third kappa shape index (κ3) is 3.22. The lowest BCUT2D eigenvalue weighted by molar-refractivity contribution is 0.281. The molecule has 0 amide bonds. The van der Waals surface area contributed by atoms with Gasteiger partial charge in [0.1, 0.15) is 0 Å². The number of anilines is 1. The maximum absolute atomic E-state index is 5.00. The predicted octanol–water partition coefficient (Wildman–Crippen LogP) is 3.01. The number of rotatable bonds is 4. The normalized spacial score (nSPS) is 25.6. The van der Waals surface area contributed by atoms with Crippen LogP contribution in [0, 0.1) is 18.8 Å². The summed E-state index contributed by atoms with van der Waals surface area (Å²) in [6.07, 6.45) is 6.76. The van der Waals surface area contributed by atoms with Gasteiger partial charge in [-0.25, -0.2) is 0 Å². The van der Waals surface area contributed by atoms with E-state index in [1.54, 1.807) is 0 Å². The fraction of sp³-hybridized carbons (Fsp3) is 0.833. The molecule has 1 heterocycles. The lowest BCUT2D eigenvalue weighted by Gasteiger charge is -2.25. The van der Waals surface area contributed by atoms with E-state index in [0.29, 0.717) is 11.8 Å². The van der Waals surface area contributed by atoms with Crippen molar-refractivity contribution in [2.45, 2.75) is 46.0 Å². The highest BCUT2D eigenvalue weighted by molar-refractivity contribution is 5.17. The van der Waals surface area contributed by atoms with Crippen LogP contribution in [0.25, 0.3) is 0 Å². The van der Waals surface area contributed by atoms with E-state index < -0.39 is 0 Å². The first-order valence-corrected chi connectivity index (χ1v) is 6.28. The highest BCUT2D eigenvalue weighted by Crippen LogP contribution is 2.30. The number of aromatic nitrogens is 2. The monoisotopic (exact) mass is 223 g/mol. The first-order valence-electron chi connectivity index (χ1n) is 6.28. The Kier molecular flexibility index (Phi) is 3.80. The lowest BCUT2D eigenvalue weighted by atomic mass is 9.81. The van der Waals surface area contributed by atoms with Crippen LogP contribution in [-0.4, -0.2) is 16.7 Å². The molecule has 1 aliphatic carbocycles. The van der Waals surface area contributed by atoms with Crippen molar-refractivity contribution in [1.82, 2.24) is 10.1 Å². The zero-order valence-electron chi connectivity index (χ0n) is 10.2. The van der Waals surface area contributed by atoms with Gasteiger partial charge in [-0.05, 0) is 25.2 Å². The van der Waals surface area contributed by atoms with E-state index in [-0.39, 0.29) is 0 Å². The minimum absolute atomic E-state index is 0.557. The first-order chi connectivity index (χ1) is 7.74. The molecule has 0 spiro atoms. The van der Waals surface area contributed by atoms with E-state index in [4.69, 9.17) is 4.52 Å². The van der Waals surface area contributed by atoms with Crippen LogP contribution >= 0.6 is 0 Å². The molecule has 16 heavy (non-hydrogen) atoms. The first kappa shape index (κ1) is 11.4. The second kappa shape index (κ2) is 5.32. The molecule has 0 aliphatic heterocycles. The molecule has 0 atom stereocenters. The van der Waals surface area contributed by atoms with Gasteiger partial charge in [0, 0.05) is 6.54 Å². The third-order valence-corrected chi connectivity index (χ3v) is 3.49. The van der Waals surface area contributed by atoms with Crippen LogP contribution in [0.3, 0.4) is 0 Å². The maximum Gasteiger partial charge on any atom is 0.321 e. The highest BCUT2D eigenvalue weighted by atomic mass is 16.5. The molecule has 1 fully saturated rings. The number of aryl methyl sites for hydroxylation is 1. The van der Waals surface area contributed by atoms with E-state index in [0.717, 1.165) is 18.4 Å². The third-order valence-electron chi connectivity index (χ3n) is 3.49. The fourth-order valence-corrected chi connectivity index (χ4v) is 2.37. The van der Waals surface area contributed by atoms with Gasteiger partial charge in [0.05, 0.1) is 0 Å². The molecule has 0 radical (unpaired) electrons. The van der Waals surface area contributed by atoms with Gasteiger partial charge >= 0.3 is 6.01 Å². The average molecular weight is 223 g/mol. The van der Waals surface area contributed by atoms with Crippen molar-refractivity contribution in [3.8, 4) is 0 Å². The molecular formula is C12H21N3O. The molecule has 0 saturated heterocycles. The molecule has 0 bridgehead atoms. The van der Waals surface area contributed by atoms with Crippen molar-refractivity contribution in [2.75, 3.05) is 11.9 Å². The lowest BCUT2D eigenvalue weighted by Crippen LogP contribution is -2.15. The van der Waals surface area contributed by atoms with Crippen LogP contribution in [0.2, 0.25) is 0 Å². The zero-order chi connectivity index (χ0) is 11.4. The summed E-state index contributed by atoms with van der Waals surface area (Å²) in [4.78, 5) is 4.12. The second-order valence-electron chi connectivity index (χ2n) is 4.99. The number of hydrogen-bond donors (Lipinski definition) is 1. The van der Waals surface area contributed by atoms with Crippen molar-refractivity contribution < 1.29 is 4.52 Å². The molecule has 1 aromatic heterocycles. The van der Waals surface area contributed by atoms with Crippen LogP contribution in [0.1, 0.15) is 44.9 Å². The minimum Gasteiger partial charge on any atom is -0.338 e. The van der Waals surface area contributed by atoms with Crippen LogP contribution in [0.5, 0.6) is 0 Å². The highest BCUT2D eigenvalue weighted by Gasteiger charge is 2.17. The Morgan fingerprint density at radius 2 is 2.06 bits per heavy atom. The Bertz CT molecular complexity index is 316. The number of nitrogens with zero attached hydrogens (tertiary/aromatic N) is 2. The van der Waals surface area contributed by atoms with Crippen molar-refractivity contribution in [1.29, 1.82) is 0 Å². The van der Waals surface area contributed by atoms with Gasteiger partial charge in [0.25, 0.3) is 0 Å². The minimum atomic E-state index is 0.557. The summed E-state index contributed by atoms with van der Waals surface area (Å²) in [5.74, 6) is 2.50. The van der Waals surface area contributed by atoms with E-state index in [2.05, 4.69) is 22.4 Å². The fourth-order valence-electron chi connectivity index (χ4n) is 2.37. The topological polar surface area (TPSA) is 51.0 Å². The molecule has 1 N–H and O–H groups in total. The standard InChI is InChI=1S/C12H21N3O/c1-9-3-5-11(6-4-9)7-8-13-12-14-10(2)15-16-12/h9,11H,3-8H2,1-2H3,(H,13,14,15). The molecule has 1 aliphatic rings. The van der Waals surface area contributed by atoms with Gasteiger partial charge in [0.2, 0.25) is 0 Å². The summed E-state index contributed by atoms with van der Waals surface area (Å²) in [7, 11) is 0. The summed E-state index contributed by atoms with van der Waals surface area (Å²) in [6, 6.07) is 0.557. The Morgan fingerprint density at radius 1 is 1.31 bits per heavy atom. The average Bonchev–Trinajstić information content (AvgIpc) is 2.67. The summed E-state index contributed by atoms with van der Waals surface area (Å²) in [5, 5.41) is 6.93. The molecule has 90 valence electrons. The van der Waals surface area contributed by atoms with Crippen molar-refractivity contribution >= 4 is 6.01 Å². The maximum atomic E-state index is 5.00. The van der Waals surface area contributed by atoms with Crippen molar-refractivity contribution in [3.05, 3.63) is 5.82 Å².